The molecule has 16 heavy (non-hydrogen) atoms. The number of hydrogen-bond acceptors (Lipinski definition) is 4. The minimum atomic E-state index is -0.203. The van der Waals surface area contributed by atoms with Crippen molar-refractivity contribution in [2.24, 2.45) is 11.8 Å². The Morgan fingerprint density at radius 1 is 0.875 bits per heavy atom. The topological polar surface area (TPSA) is 52.6 Å². The van der Waals surface area contributed by atoms with Crippen molar-refractivity contribution >= 4 is 11.9 Å². The molecule has 0 aliphatic heterocycles. The highest BCUT2D eigenvalue weighted by atomic mass is 16.5. The number of rotatable bonds is 7. The van der Waals surface area contributed by atoms with Crippen LogP contribution in [0.25, 0.3) is 0 Å². The molecule has 0 amide bonds. The SMILES string of the molecule is CCOC(=O)C[C@H](C)[C@@H](C)CC(=O)OCC. The van der Waals surface area contributed by atoms with E-state index in [-0.39, 0.29) is 23.8 Å². The maximum Gasteiger partial charge on any atom is 0.306 e. The Bertz CT molecular complexity index is 201. The van der Waals surface area contributed by atoms with Gasteiger partial charge in [-0.1, -0.05) is 13.8 Å². The zero-order valence-corrected chi connectivity index (χ0v) is 10.6. The first-order chi connectivity index (χ1) is 7.51. The van der Waals surface area contributed by atoms with Gasteiger partial charge in [0.25, 0.3) is 0 Å². The Hall–Kier alpha value is -1.06. The summed E-state index contributed by atoms with van der Waals surface area (Å²) in [5.41, 5.74) is 0. The summed E-state index contributed by atoms with van der Waals surface area (Å²) in [6.45, 7) is 8.26. The van der Waals surface area contributed by atoms with Gasteiger partial charge in [-0.15, -0.1) is 0 Å². The summed E-state index contributed by atoms with van der Waals surface area (Å²) in [5.74, 6) is -0.150. The van der Waals surface area contributed by atoms with Crippen LogP contribution in [-0.4, -0.2) is 25.2 Å². The minimum Gasteiger partial charge on any atom is -0.466 e. The number of ether oxygens (including phenoxy) is 2. The minimum absolute atomic E-state index is 0.128. The highest BCUT2D eigenvalue weighted by Crippen LogP contribution is 2.19. The molecule has 2 atom stereocenters. The Morgan fingerprint density at radius 2 is 1.19 bits per heavy atom. The molecule has 0 aliphatic rings. The third-order valence-electron chi connectivity index (χ3n) is 2.56. The fourth-order valence-electron chi connectivity index (χ4n) is 1.37. The molecule has 0 saturated heterocycles. The smallest absolute Gasteiger partial charge is 0.306 e. The third kappa shape index (κ3) is 6.43. The molecular formula is C12H22O4. The molecule has 94 valence electrons. The van der Waals surface area contributed by atoms with Crippen molar-refractivity contribution in [3.05, 3.63) is 0 Å². The Morgan fingerprint density at radius 3 is 1.44 bits per heavy atom. The van der Waals surface area contributed by atoms with E-state index < -0.39 is 0 Å². The number of esters is 2. The van der Waals surface area contributed by atoms with Gasteiger partial charge in [-0.3, -0.25) is 9.59 Å². The fourth-order valence-corrected chi connectivity index (χ4v) is 1.37. The maximum atomic E-state index is 11.2. The van der Waals surface area contributed by atoms with Crippen molar-refractivity contribution in [2.75, 3.05) is 13.2 Å². The molecule has 4 nitrogen and oxygen atoms in total. The van der Waals surface area contributed by atoms with Crippen LogP contribution in [0.4, 0.5) is 0 Å². The molecule has 4 heteroatoms. The maximum absolute atomic E-state index is 11.2. The Labute approximate surface area is 97.3 Å². The van der Waals surface area contributed by atoms with Gasteiger partial charge in [-0.2, -0.15) is 0 Å². The molecule has 0 rings (SSSR count). The summed E-state index contributed by atoms with van der Waals surface area (Å²) >= 11 is 0. The average Bonchev–Trinajstić information content (AvgIpc) is 2.17. The highest BCUT2D eigenvalue weighted by molar-refractivity contribution is 5.71. The monoisotopic (exact) mass is 230 g/mol. The van der Waals surface area contributed by atoms with E-state index in [1.807, 2.05) is 13.8 Å². The van der Waals surface area contributed by atoms with Gasteiger partial charge in [-0.25, -0.2) is 0 Å². The van der Waals surface area contributed by atoms with E-state index in [4.69, 9.17) is 9.47 Å². The normalized spacial score (nSPS) is 14.0. The summed E-state index contributed by atoms with van der Waals surface area (Å²) in [6.07, 6.45) is 0.711. The lowest BCUT2D eigenvalue weighted by Crippen LogP contribution is -2.19. The lowest BCUT2D eigenvalue weighted by atomic mass is 9.90. The van der Waals surface area contributed by atoms with Crippen molar-refractivity contribution in [3.63, 3.8) is 0 Å². The lowest BCUT2D eigenvalue weighted by molar-refractivity contribution is -0.147. The van der Waals surface area contributed by atoms with Gasteiger partial charge in [0.2, 0.25) is 0 Å². The molecule has 0 aromatic heterocycles. The van der Waals surface area contributed by atoms with Gasteiger partial charge in [0, 0.05) is 12.8 Å². The van der Waals surface area contributed by atoms with Crippen LogP contribution in [0.3, 0.4) is 0 Å². The molecule has 0 spiro atoms. The van der Waals surface area contributed by atoms with Crippen LogP contribution in [0, 0.1) is 11.8 Å². The molecule has 0 aromatic carbocycles. The van der Waals surface area contributed by atoms with E-state index >= 15 is 0 Å². The van der Waals surface area contributed by atoms with E-state index in [0.717, 1.165) is 0 Å². The molecule has 0 unspecified atom stereocenters. The third-order valence-corrected chi connectivity index (χ3v) is 2.56. The van der Waals surface area contributed by atoms with E-state index in [1.165, 1.54) is 0 Å². The highest BCUT2D eigenvalue weighted by Gasteiger charge is 2.19. The first-order valence-corrected chi connectivity index (χ1v) is 5.82. The fraction of sp³-hybridized carbons (Fsp3) is 0.833. The first-order valence-electron chi connectivity index (χ1n) is 5.82. The zero-order valence-electron chi connectivity index (χ0n) is 10.6. The van der Waals surface area contributed by atoms with Gasteiger partial charge >= 0.3 is 11.9 Å². The van der Waals surface area contributed by atoms with Gasteiger partial charge in [-0.05, 0) is 25.7 Å². The Kier molecular flexibility index (Phi) is 7.60. The van der Waals surface area contributed by atoms with Crippen LogP contribution < -0.4 is 0 Å². The average molecular weight is 230 g/mol. The molecule has 0 aliphatic carbocycles. The standard InChI is InChI=1S/C12H22O4/c1-5-15-11(13)7-9(3)10(4)8-12(14)16-6-2/h9-10H,5-8H2,1-4H3/t9-,10-/m0/s1. The number of carbonyl (C=O) groups is 2. The zero-order chi connectivity index (χ0) is 12.6. The van der Waals surface area contributed by atoms with Crippen LogP contribution in [0.15, 0.2) is 0 Å². The van der Waals surface area contributed by atoms with Crippen molar-refractivity contribution in [1.82, 2.24) is 0 Å². The van der Waals surface area contributed by atoms with Crippen LogP contribution >= 0.6 is 0 Å². The summed E-state index contributed by atoms with van der Waals surface area (Å²) < 4.78 is 9.72. The molecule has 0 saturated carbocycles. The van der Waals surface area contributed by atoms with Gasteiger partial charge in [0.1, 0.15) is 0 Å². The molecule has 0 aromatic rings. The van der Waals surface area contributed by atoms with Crippen molar-refractivity contribution in [1.29, 1.82) is 0 Å². The lowest BCUT2D eigenvalue weighted by Gasteiger charge is -2.17. The molecule has 0 radical (unpaired) electrons. The van der Waals surface area contributed by atoms with Crippen molar-refractivity contribution in [3.8, 4) is 0 Å². The van der Waals surface area contributed by atoms with E-state index in [0.29, 0.717) is 26.1 Å². The second-order valence-corrected chi connectivity index (χ2v) is 3.97. The molecular weight excluding hydrogens is 208 g/mol. The van der Waals surface area contributed by atoms with Crippen LogP contribution in [-0.2, 0) is 19.1 Å². The number of carbonyl (C=O) groups excluding carboxylic acids is 2. The van der Waals surface area contributed by atoms with Gasteiger partial charge < -0.3 is 9.47 Å². The van der Waals surface area contributed by atoms with E-state index in [2.05, 4.69) is 0 Å². The van der Waals surface area contributed by atoms with E-state index in [9.17, 15) is 9.59 Å². The molecule has 0 bridgehead atoms. The van der Waals surface area contributed by atoms with E-state index in [1.54, 1.807) is 13.8 Å². The summed E-state index contributed by atoms with van der Waals surface area (Å²) in [6, 6.07) is 0. The summed E-state index contributed by atoms with van der Waals surface area (Å²) in [4.78, 5) is 22.5. The number of hydrogen-bond donors (Lipinski definition) is 0. The van der Waals surface area contributed by atoms with Gasteiger partial charge in [0.05, 0.1) is 13.2 Å². The van der Waals surface area contributed by atoms with Crippen LogP contribution in [0.2, 0.25) is 0 Å². The van der Waals surface area contributed by atoms with Crippen molar-refractivity contribution in [2.45, 2.75) is 40.5 Å². The van der Waals surface area contributed by atoms with Gasteiger partial charge in [0.15, 0.2) is 0 Å². The second-order valence-electron chi connectivity index (χ2n) is 3.97. The Balaban J connectivity index is 3.93. The summed E-state index contributed by atoms with van der Waals surface area (Å²) in [5, 5.41) is 0. The second kappa shape index (κ2) is 8.13. The first kappa shape index (κ1) is 14.9. The molecule has 0 N–H and O–H groups in total. The van der Waals surface area contributed by atoms with Crippen LogP contribution in [0.5, 0.6) is 0 Å². The predicted molar refractivity (Wildman–Crippen MR) is 60.8 cm³/mol. The largest absolute Gasteiger partial charge is 0.466 e. The quantitative estimate of drug-likeness (QED) is 0.629. The van der Waals surface area contributed by atoms with Crippen LogP contribution in [0.1, 0.15) is 40.5 Å². The predicted octanol–water partition coefficient (Wildman–Crippen LogP) is 2.17. The summed E-state index contributed by atoms with van der Waals surface area (Å²) in [7, 11) is 0. The van der Waals surface area contributed by atoms with Crippen molar-refractivity contribution < 1.29 is 19.1 Å². The molecule has 0 heterocycles. The molecule has 0 fully saturated rings.